The third-order valence-electron chi connectivity index (χ3n) is 4.79. The van der Waals surface area contributed by atoms with Gasteiger partial charge >= 0.3 is 6.18 Å². The van der Waals surface area contributed by atoms with Crippen LogP contribution in [0.15, 0.2) is 57.8 Å². The van der Waals surface area contributed by atoms with Gasteiger partial charge in [0.15, 0.2) is 0 Å². The molecule has 4 nitrogen and oxygen atoms in total. The smallest absolute Gasteiger partial charge is 0.371 e. The third kappa shape index (κ3) is 5.76. The number of piperidine rings is 1. The molecule has 0 aliphatic carbocycles. The molecule has 1 fully saturated rings. The molecule has 2 aromatic rings. The van der Waals surface area contributed by atoms with E-state index in [4.69, 9.17) is 0 Å². The Morgan fingerprint density at radius 3 is 2.48 bits per heavy atom. The van der Waals surface area contributed by atoms with E-state index in [1.165, 1.54) is 24.1 Å². The predicted octanol–water partition coefficient (Wildman–Crippen LogP) is 5.66. The number of benzene rings is 2. The van der Waals surface area contributed by atoms with Crippen LogP contribution in [0.2, 0.25) is 0 Å². The summed E-state index contributed by atoms with van der Waals surface area (Å²) in [4.78, 5) is 15.4. The van der Waals surface area contributed by atoms with Gasteiger partial charge in [-0.3, -0.25) is 4.79 Å². The molecule has 2 aromatic carbocycles. The maximum absolute atomic E-state index is 12.9. The van der Waals surface area contributed by atoms with Crippen LogP contribution in [-0.2, 0) is 11.0 Å². The van der Waals surface area contributed by atoms with Crippen molar-refractivity contribution in [2.75, 3.05) is 23.3 Å². The first-order chi connectivity index (χ1) is 13.9. The van der Waals surface area contributed by atoms with Crippen molar-refractivity contribution in [1.29, 1.82) is 0 Å². The minimum Gasteiger partial charge on any atom is -0.371 e. The van der Waals surface area contributed by atoms with Gasteiger partial charge in [0.1, 0.15) is 0 Å². The van der Waals surface area contributed by atoms with Crippen LogP contribution in [0.5, 0.6) is 0 Å². The van der Waals surface area contributed by atoms with E-state index in [9.17, 15) is 18.0 Å². The van der Waals surface area contributed by atoms with Gasteiger partial charge in [0.25, 0.3) is 0 Å². The van der Waals surface area contributed by atoms with Crippen LogP contribution in [0.3, 0.4) is 0 Å². The lowest BCUT2D eigenvalue weighted by atomic mass is 9.95. The van der Waals surface area contributed by atoms with E-state index in [2.05, 4.69) is 9.71 Å². The topological polar surface area (TPSA) is 44.7 Å². The van der Waals surface area contributed by atoms with Crippen LogP contribution in [0.1, 0.15) is 25.3 Å². The van der Waals surface area contributed by atoms with Crippen molar-refractivity contribution in [3.05, 3.63) is 54.1 Å². The lowest BCUT2D eigenvalue weighted by Crippen LogP contribution is -2.38. The van der Waals surface area contributed by atoms with E-state index in [0.717, 1.165) is 16.6 Å². The number of carbonyl (C=O) groups excluding carboxylic acids is 1. The number of nitrogens with zero attached hydrogens (tertiary/aromatic N) is 2. The number of hydrogen-bond acceptors (Lipinski definition) is 4. The van der Waals surface area contributed by atoms with Crippen molar-refractivity contribution in [3.8, 4) is 0 Å². The second kappa shape index (κ2) is 9.35. The number of amides is 1. The highest BCUT2D eigenvalue weighted by atomic mass is 32.2. The predicted molar refractivity (Wildman–Crippen MR) is 111 cm³/mol. The molecule has 0 bridgehead atoms. The summed E-state index contributed by atoms with van der Waals surface area (Å²) in [6, 6.07) is 12.8. The summed E-state index contributed by atoms with van der Waals surface area (Å²) in [5.41, 5.74) is 0.614. The molecule has 0 atom stereocenters. The van der Waals surface area contributed by atoms with Gasteiger partial charge in [-0.1, -0.05) is 6.07 Å². The molecule has 1 N–H and O–H groups in total. The molecule has 0 unspecified atom stereocenters. The SMILES string of the molecule is C/C=N/Sc1ccc(NC(=O)C2CCN(c3cccc(C(F)(F)F)c3)CC2)cc1. The van der Waals surface area contributed by atoms with Gasteiger partial charge in [-0.15, -0.1) is 0 Å². The second-order valence-corrected chi connectivity index (χ2v) is 7.64. The fourth-order valence-corrected chi connectivity index (χ4v) is 3.72. The lowest BCUT2D eigenvalue weighted by molar-refractivity contribution is -0.137. The molecule has 1 heterocycles. The highest BCUT2D eigenvalue weighted by Gasteiger charge is 2.31. The normalized spacial score (nSPS) is 15.7. The molecular weight excluding hydrogens is 399 g/mol. The van der Waals surface area contributed by atoms with E-state index >= 15 is 0 Å². The average molecular weight is 421 g/mol. The summed E-state index contributed by atoms with van der Waals surface area (Å²) in [5.74, 6) is -0.212. The summed E-state index contributed by atoms with van der Waals surface area (Å²) in [5, 5.41) is 2.92. The largest absolute Gasteiger partial charge is 0.416 e. The maximum Gasteiger partial charge on any atom is 0.416 e. The zero-order valence-corrected chi connectivity index (χ0v) is 16.8. The Bertz CT molecular complexity index is 860. The standard InChI is InChI=1S/C21H22F3N3OS/c1-2-25-29-19-8-6-17(7-9-19)26-20(28)15-10-12-27(13-11-15)18-5-3-4-16(14-18)21(22,23)24/h2-9,14-15H,10-13H2,1H3,(H,26,28)/b25-2+. The molecule has 154 valence electrons. The first-order valence-electron chi connectivity index (χ1n) is 9.35. The van der Waals surface area contributed by atoms with Gasteiger partial charge < -0.3 is 10.2 Å². The minimum absolute atomic E-state index is 0.0549. The Balaban J connectivity index is 1.54. The molecular formula is C21H22F3N3OS. The first-order valence-corrected chi connectivity index (χ1v) is 10.1. The Morgan fingerprint density at radius 1 is 1.17 bits per heavy atom. The van der Waals surface area contributed by atoms with Gasteiger partial charge in [0.05, 0.1) is 5.56 Å². The zero-order chi connectivity index (χ0) is 20.9. The lowest BCUT2D eigenvalue weighted by Gasteiger charge is -2.33. The van der Waals surface area contributed by atoms with Gasteiger partial charge in [-0.25, -0.2) is 4.40 Å². The molecule has 8 heteroatoms. The highest BCUT2D eigenvalue weighted by molar-refractivity contribution is 7.98. The summed E-state index contributed by atoms with van der Waals surface area (Å²) >= 11 is 1.36. The maximum atomic E-state index is 12.9. The van der Waals surface area contributed by atoms with E-state index in [0.29, 0.717) is 31.6 Å². The van der Waals surface area contributed by atoms with E-state index in [1.807, 2.05) is 36.1 Å². The number of nitrogens with one attached hydrogen (secondary N) is 1. The number of anilines is 2. The molecule has 1 aliphatic heterocycles. The Morgan fingerprint density at radius 2 is 1.86 bits per heavy atom. The molecule has 1 saturated heterocycles. The molecule has 1 aliphatic rings. The van der Waals surface area contributed by atoms with E-state index in [1.54, 1.807) is 12.3 Å². The number of carbonyl (C=O) groups is 1. The molecule has 0 saturated carbocycles. The van der Waals surface area contributed by atoms with Crippen molar-refractivity contribution in [2.24, 2.45) is 10.3 Å². The Labute approximate surface area is 172 Å². The van der Waals surface area contributed by atoms with Crippen LogP contribution < -0.4 is 10.2 Å². The van der Waals surface area contributed by atoms with Crippen LogP contribution in [0, 0.1) is 5.92 Å². The van der Waals surface area contributed by atoms with Crippen LogP contribution in [-0.4, -0.2) is 25.2 Å². The van der Waals surface area contributed by atoms with Crippen molar-refractivity contribution >= 4 is 35.4 Å². The molecule has 0 aromatic heterocycles. The number of hydrogen-bond donors (Lipinski definition) is 1. The van der Waals surface area contributed by atoms with Crippen molar-refractivity contribution in [3.63, 3.8) is 0 Å². The van der Waals surface area contributed by atoms with Crippen molar-refractivity contribution in [1.82, 2.24) is 0 Å². The third-order valence-corrected chi connectivity index (χ3v) is 5.59. The molecule has 29 heavy (non-hydrogen) atoms. The quantitative estimate of drug-likeness (QED) is 0.501. The summed E-state index contributed by atoms with van der Waals surface area (Å²) in [6.45, 7) is 2.94. The van der Waals surface area contributed by atoms with Crippen molar-refractivity contribution in [2.45, 2.75) is 30.8 Å². The molecule has 0 spiro atoms. The van der Waals surface area contributed by atoms with Gasteiger partial charge in [-0.05, 0) is 62.2 Å². The highest BCUT2D eigenvalue weighted by Crippen LogP contribution is 2.33. The Hall–Kier alpha value is -2.48. The summed E-state index contributed by atoms with van der Waals surface area (Å²) in [7, 11) is 0. The zero-order valence-electron chi connectivity index (χ0n) is 15.9. The van der Waals surface area contributed by atoms with Crippen LogP contribution in [0.4, 0.5) is 24.5 Å². The first kappa shape index (κ1) is 21.2. The fourth-order valence-electron chi connectivity index (χ4n) is 3.24. The number of rotatable bonds is 5. The van der Waals surface area contributed by atoms with Crippen LogP contribution in [0.25, 0.3) is 0 Å². The summed E-state index contributed by atoms with van der Waals surface area (Å²) in [6.07, 6.45) is -1.44. The number of halogens is 3. The van der Waals surface area contributed by atoms with E-state index in [-0.39, 0.29) is 11.8 Å². The second-order valence-electron chi connectivity index (χ2n) is 6.78. The Kier molecular flexibility index (Phi) is 6.84. The van der Waals surface area contributed by atoms with Gasteiger partial charge in [-0.2, -0.15) is 13.2 Å². The van der Waals surface area contributed by atoms with Gasteiger partial charge in [0.2, 0.25) is 5.91 Å². The molecule has 3 rings (SSSR count). The molecule has 1 amide bonds. The fraction of sp³-hybridized carbons (Fsp3) is 0.333. The monoisotopic (exact) mass is 421 g/mol. The molecule has 0 radical (unpaired) electrons. The van der Waals surface area contributed by atoms with E-state index < -0.39 is 11.7 Å². The minimum atomic E-state index is -4.36. The average Bonchev–Trinajstić information content (AvgIpc) is 2.73. The summed E-state index contributed by atoms with van der Waals surface area (Å²) < 4.78 is 42.8. The van der Waals surface area contributed by atoms with Crippen LogP contribution >= 0.6 is 11.9 Å². The van der Waals surface area contributed by atoms with Crippen molar-refractivity contribution < 1.29 is 18.0 Å². The van der Waals surface area contributed by atoms with Gasteiger partial charge in [0, 0.05) is 53.4 Å². The number of alkyl halides is 3.